The lowest BCUT2D eigenvalue weighted by Crippen LogP contribution is -2.50. The van der Waals surface area contributed by atoms with Crippen molar-refractivity contribution in [3.05, 3.63) is 83.7 Å². The minimum absolute atomic E-state index is 0.128. The highest BCUT2D eigenvalue weighted by Crippen LogP contribution is 2.26. The summed E-state index contributed by atoms with van der Waals surface area (Å²) < 4.78 is 29.4. The Morgan fingerprint density at radius 3 is 2.48 bits per heavy atom. The van der Waals surface area contributed by atoms with E-state index in [4.69, 9.17) is 0 Å². The molecule has 0 atom stereocenters. The van der Waals surface area contributed by atoms with Gasteiger partial charge in [0.2, 0.25) is 15.9 Å². The molecule has 1 aliphatic heterocycles. The van der Waals surface area contributed by atoms with E-state index in [9.17, 15) is 13.2 Å². The first-order valence-corrected chi connectivity index (χ1v) is 12.6. The summed E-state index contributed by atoms with van der Waals surface area (Å²) in [6.45, 7) is 1.34. The van der Waals surface area contributed by atoms with Crippen LogP contribution in [-0.2, 0) is 27.7 Å². The summed E-state index contributed by atoms with van der Waals surface area (Å²) in [5.74, 6) is -0.128. The first kappa shape index (κ1) is 21.6. The van der Waals surface area contributed by atoms with Crippen molar-refractivity contribution in [3.8, 4) is 5.69 Å². The van der Waals surface area contributed by atoms with Crippen LogP contribution >= 0.6 is 0 Å². The summed E-state index contributed by atoms with van der Waals surface area (Å²) in [6.07, 6.45) is 9.88. The largest absolute Gasteiger partial charge is 0.337 e. The number of aryl methyl sites for hydroxylation is 2. The maximum absolute atomic E-state index is 13.1. The van der Waals surface area contributed by atoms with Crippen LogP contribution in [0.2, 0.25) is 0 Å². The quantitative estimate of drug-likeness (QED) is 0.547. The average Bonchev–Trinajstić information content (AvgIpc) is 3.52. The van der Waals surface area contributed by atoms with Crippen molar-refractivity contribution in [2.75, 3.05) is 26.2 Å². The van der Waals surface area contributed by atoms with Crippen LogP contribution in [0.5, 0.6) is 0 Å². The van der Waals surface area contributed by atoms with Gasteiger partial charge in [-0.25, -0.2) is 13.1 Å². The summed E-state index contributed by atoms with van der Waals surface area (Å²) >= 11 is 0. The van der Waals surface area contributed by atoms with Gasteiger partial charge in [0.05, 0.1) is 16.8 Å². The number of para-hydroxylation sites is 1. The van der Waals surface area contributed by atoms with Crippen LogP contribution in [0.15, 0.2) is 71.9 Å². The number of hydrogen-bond acceptors (Lipinski definition) is 4. The first-order chi connectivity index (χ1) is 16.0. The number of benzene rings is 2. The maximum atomic E-state index is 13.1. The SMILES string of the molecule is O=C(/C=C/c1cnn(-c2ccccc2)c1)N1CCN(S(=O)(=O)c2ccc3c(c2)CCC3)CC1. The number of carbonyl (C=O) groups is 1. The van der Waals surface area contributed by atoms with Crippen molar-refractivity contribution in [1.82, 2.24) is 19.0 Å². The summed E-state index contributed by atoms with van der Waals surface area (Å²) in [7, 11) is -3.55. The average molecular weight is 463 g/mol. The number of fused-ring (bicyclic) bond motifs is 1. The standard InChI is InChI=1S/C25H26N4O3S/c30-25(12-9-20-18-26-29(19-20)23-7-2-1-3-8-23)27-13-15-28(16-14-27)33(31,32)24-11-10-21-5-4-6-22(21)17-24/h1-3,7-12,17-19H,4-6,13-16H2/b12-9+. The van der Waals surface area contributed by atoms with E-state index in [1.54, 1.807) is 27.9 Å². The number of piperazine rings is 1. The van der Waals surface area contributed by atoms with E-state index in [0.717, 1.165) is 36.1 Å². The molecule has 0 spiro atoms. The Morgan fingerprint density at radius 2 is 1.70 bits per heavy atom. The maximum Gasteiger partial charge on any atom is 0.246 e. The molecule has 1 saturated heterocycles. The molecule has 7 nitrogen and oxygen atoms in total. The van der Waals surface area contributed by atoms with Gasteiger partial charge in [0.15, 0.2) is 0 Å². The smallest absolute Gasteiger partial charge is 0.246 e. The molecule has 170 valence electrons. The zero-order chi connectivity index (χ0) is 22.8. The van der Waals surface area contributed by atoms with Crippen LogP contribution in [0, 0.1) is 0 Å². The van der Waals surface area contributed by atoms with Gasteiger partial charge in [-0.1, -0.05) is 24.3 Å². The molecule has 1 aliphatic carbocycles. The third-order valence-corrected chi connectivity index (χ3v) is 8.19. The predicted octanol–water partition coefficient (Wildman–Crippen LogP) is 2.91. The molecule has 33 heavy (non-hydrogen) atoms. The second kappa shape index (κ2) is 8.96. The number of hydrogen-bond donors (Lipinski definition) is 0. The topological polar surface area (TPSA) is 75.5 Å². The second-order valence-electron chi connectivity index (χ2n) is 8.40. The Balaban J connectivity index is 1.19. The van der Waals surface area contributed by atoms with Crippen LogP contribution in [0.1, 0.15) is 23.1 Å². The molecule has 2 aliphatic rings. The van der Waals surface area contributed by atoms with Crippen LogP contribution in [0.3, 0.4) is 0 Å². The van der Waals surface area contributed by atoms with E-state index in [2.05, 4.69) is 5.10 Å². The van der Waals surface area contributed by atoms with Crippen molar-refractivity contribution >= 4 is 22.0 Å². The van der Waals surface area contributed by atoms with Crippen molar-refractivity contribution in [1.29, 1.82) is 0 Å². The lowest BCUT2D eigenvalue weighted by Gasteiger charge is -2.33. The summed E-state index contributed by atoms with van der Waals surface area (Å²) in [6, 6.07) is 15.2. The van der Waals surface area contributed by atoms with Gasteiger partial charge in [-0.3, -0.25) is 4.79 Å². The first-order valence-electron chi connectivity index (χ1n) is 11.2. The monoisotopic (exact) mass is 462 g/mol. The molecule has 1 aromatic heterocycles. The zero-order valence-corrected chi connectivity index (χ0v) is 19.1. The molecule has 2 aromatic carbocycles. The number of carbonyl (C=O) groups excluding carboxylic acids is 1. The van der Waals surface area contributed by atoms with Gasteiger partial charge < -0.3 is 4.90 Å². The van der Waals surface area contributed by atoms with Crippen molar-refractivity contribution in [2.45, 2.75) is 24.2 Å². The van der Waals surface area contributed by atoms with Gasteiger partial charge >= 0.3 is 0 Å². The van der Waals surface area contributed by atoms with Crippen LogP contribution in [0.25, 0.3) is 11.8 Å². The Hall–Kier alpha value is -3.23. The van der Waals surface area contributed by atoms with Crippen LogP contribution in [0.4, 0.5) is 0 Å². The van der Waals surface area contributed by atoms with E-state index in [0.29, 0.717) is 31.1 Å². The highest BCUT2D eigenvalue weighted by atomic mass is 32.2. The fourth-order valence-corrected chi connectivity index (χ4v) is 5.90. The van der Waals surface area contributed by atoms with Crippen LogP contribution < -0.4 is 0 Å². The Labute approximate surface area is 194 Å². The van der Waals surface area contributed by atoms with E-state index in [1.807, 2.05) is 48.7 Å². The van der Waals surface area contributed by atoms with E-state index >= 15 is 0 Å². The molecule has 5 rings (SSSR count). The summed E-state index contributed by atoms with van der Waals surface area (Å²) in [5.41, 5.74) is 4.17. The molecular formula is C25H26N4O3S. The summed E-state index contributed by atoms with van der Waals surface area (Å²) in [5, 5.41) is 4.33. The molecule has 0 unspecified atom stereocenters. The fourth-order valence-electron chi connectivity index (χ4n) is 4.42. The van der Waals surface area contributed by atoms with Crippen molar-refractivity contribution < 1.29 is 13.2 Å². The van der Waals surface area contributed by atoms with Gasteiger partial charge in [0.25, 0.3) is 0 Å². The number of amides is 1. The van der Waals surface area contributed by atoms with E-state index < -0.39 is 10.0 Å². The molecule has 0 radical (unpaired) electrons. The predicted molar refractivity (Wildman–Crippen MR) is 126 cm³/mol. The Morgan fingerprint density at radius 1 is 0.939 bits per heavy atom. The summed E-state index contributed by atoms with van der Waals surface area (Å²) in [4.78, 5) is 14.7. The normalized spacial score (nSPS) is 16.9. The van der Waals surface area contributed by atoms with Gasteiger partial charge in [0, 0.05) is 44.0 Å². The van der Waals surface area contributed by atoms with Crippen LogP contribution in [-0.4, -0.2) is 59.5 Å². The number of nitrogens with zero attached hydrogens (tertiary/aromatic N) is 4. The van der Waals surface area contributed by atoms with Gasteiger partial charge in [-0.05, 0) is 60.7 Å². The highest BCUT2D eigenvalue weighted by molar-refractivity contribution is 7.89. The number of aromatic nitrogens is 2. The molecular weight excluding hydrogens is 436 g/mol. The Kier molecular flexibility index (Phi) is 5.86. The zero-order valence-electron chi connectivity index (χ0n) is 18.3. The number of rotatable bonds is 5. The van der Waals surface area contributed by atoms with Crippen molar-refractivity contribution in [3.63, 3.8) is 0 Å². The van der Waals surface area contributed by atoms with Gasteiger partial charge in [0.1, 0.15) is 0 Å². The van der Waals surface area contributed by atoms with Crippen molar-refractivity contribution in [2.24, 2.45) is 0 Å². The highest BCUT2D eigenvalue weighted by Gasteiger charge is 2.30. The molecule has 3 aromatic rings. The van der Waals surface area contributed by atoms with Gasteiger partial charge in [-0.15, -0.1) is 0 Å². The Bertz CT molecular complexity index is 1290. The number of sulfonamides is 1. The molecule has 1 fully saturated rings. The molecule has 1 amide bonds. The third-order valence-electron chi connectivity index (χ3n) is 6.30. The minimum Gasteiger partial charge on any atom is -0.337 e. The minimum atomic E-state index is -3.55. The lowest BCUT2D eigenvalue weighted by molar-refractivity contribution is -0.127. The molecule has 0 N–H and O–H groups in total. The van der Waals surface area contributed by atoms with Gasteiger partial charge in [-0.2, -0.15) is 9.40 Å². The molecule has 0 bridgehead atoms. The fraction of sp³-hybridized carbons (Fsp3) is 0.280. The molecule has 0 saturated carbocycles. The van der Waals surface area contributed by atoms with E-state index in [1.165, 1.54) is 15.9 Å². The second-order valence-corrected chi connectivity index (χ2v) is 10.3. The van der Waals surface area contributed by atoms with E-state index in [-0.39, 0.29) is 5.91 Å². The molecule has 2 heterocycles. The lowest BCUT2D eigenvalue weighted by atomic mass is 10.1. The third kappa shape index (κ3) is 4.49. The molecule has 8 heteroatoms.